The summed E-state index contributed by atoms with van der Waals surface area (Å²) < 4.78 is 16.0. The lowest BCUT2D eigenvalue weighted by molar-refractivity contribution is -0.141. The van der Waals surface area contributed by atoms with E-state index in [-0.39, 0.29) is 47.8 Å². The molecule has 7 heterocycles. The van der Waals surface area contributed by atoms with E-state index >= 15 is 0 Å². The molecule has 2 saturated carbocycles. The van der Waals surface area contributed by atoms with E-state index in [1.165, 1.54) is 19.1 Å². The molecule has 66 heavy (non-hydrogen) atoms. The Balaban J connectivity index is 0.771. The van der Waals surface area contributed by atoms with Gasteiger partial charge in [-0.2, -0.15) is 0 Å². The third-order valence-electron chi connectivity index (χ3n) is 15.0. The lowest BCUT2D eigenvalue weighted by Gasteiger charge is -2.38. The van der Waals surface area contributed by atoms with Gasteiger partial charge in [0.15, 0.2) is 0 Å². The quantitative estimate of drug-likeness (QED) is 0.121. The predicted molar refractivity (Wildman–Crippen MR) is 238 cm³/mol. The van der Waals surface area contributed by atoms with Crippen molar-refractivity contribution < 1.29 is 38.5 Å². The van der Waals surface area contributed by atoms with Gasteiger partial charge in [0.1, 0.15) is 35.1 Å². The van der Waals surface area contributed by atoms with Gasteiger partial charge < -0.3 is 44.4 Å². The zero-order valence-corrected chi connectivity index (χ0v) is 37.0. The first-order valence-corrected chi connectivity index (χ1v) is 23.2. The molecule has 0 unspecified atom stereocenters. The van der Waals surface area contributed by atoms with E-state index in [9.17, 15) is 24.3 Å². The summed E-state index contributed by atoms with van der Waals surface area (Å²) in [5.74, 6) is 1.82. The van der Waals surface area contributed by atoms with Crippen molar-refractivity contribution in [1.82, 2.24) is 49.9 Å². The number of ether oxygens (including phenoxy) is 3. The van der Waals surface area contributed by atoms with Crippen LogP contribution in [0.1, 0.15) is 75.1 Å². The minimum absolute atomic E-state index is 0.0312. The topological polar surface area (TPSA) is 221 Å². The summed E-state index contributed by atoms with van der Waals surface area (Å²) in [5.41, 5.74) is 6.38. The largest absolute Gasteiger partial charge is 0.465 e. The van der Waals surface area contributed by atoms with Crippen LogP contribution < -0.4 is 5.32 Å². The number of benzene rings is 2. The number of nitrogens with one attached hydrogen (secondary N) is 3. The first-order chi connectivity index (χ1) is 32.1. The van der Waals surface area contributed by atoms with Gasteiger partial charge in [-0.25, -0.2) is 24.5 Å². The van der Waals surface area contributed by atoms with Crippen LogP contribution in [0.2, 0.25) is 0 Å². The molecule has 4 N–H and O–H groups in total. The van der Waals surface area contributed by atoms with Gasteiger partial charge in [0, 0.05) is 63.5 Å². The number of aromatic nitrogens is 6. The first-order valence-electron chi connectivity index (χ1n) is 23.2. The Labute approximate surface area is 380 Å². The molecule has 3 aromatic heterocycles. The van der Waals surface area contributed by atoms with E-state index in [4.69, 9.17) is 34.1 Å². The highest BCUT2D eigenvalue weighted by atomic mass is 16.5. The highest BCUT2D eigenvalue weighted by Gasteiger charge is 2.58. The normalized spacial score (nSPS) is 25.8. The molecule has 6 fully saturated rings. The number of methoxy groups -OCH3 is 1. The smallest absolute Gasteiger partial charge is 0.407 e. The molecule has 4 saturated heterocycles. The van der Waals surface area contributed by atoms with E-state index in [2.05, 4.69) is 27.4 Å². The minimum atomic E-state index is -1.11. The number of likely N-dealkylation sites (N-methyl/N-ethyl adjacent to an activating group) is 1. The number of carbonyl (C=O) groups excluding carboxylic acids is 3. The Morgan fingerprint density at radius 3 is 1.94 bits per heavy atom. The van der Waals surface area contributed by atoms with Crippen molar-refractivity contribution in [3.8, 4) is 33.8 Å². The van der Waals surface area contributed by atoms with E-state index in [0.717, 1.165) is 59.4 Å². The number of carboxylic acid groups (broad SMARTS) is 1. The van der Waals surface area contributed by atoms with Crippen LogP contribution in [0.25, 0.3) is 44.8 Å². The van der Waals surface area contributed by atoms with Crippen molar-refractivity contribution in [2.45, 2.75) is 87.6 Å². The molecule has 4 amide bonds. The number of carbonyl (C=O) groups is 4. The molecule has 0 bridgehead atoms. The SMILES string of the molecule is COC(=O)N[C@H](C(=O)N1[C@@H]2C[C@@H]2C[C@H]1c1nc(-c2ccc(-c3ccc4nc(-c5c[nH]c([C@@H]6C[C@H]7C[C@H]7N6C(=O)[C@H](C6CCOCC6)N(C)C(=O)O)n5)cnc4c3)cc2)c[nH]1)C1CCOCC1. The fourth-order valence-corrected chi connectivity index (χ4v) is 11.2. The number of aromatic amines is 2. The molecular weight excluding hydrogens is 845 g/mol. The van der Waals surface area contributed by atoms with Crippen LogP contribution >= 0.6 is 0 Å². The summed E-state index contributed by atoms with van der Waals surface area (Å²) in [6.07, 6.45) is 9.82. The van der Waals surface area contributed by atoms with Crippen molar-refractivity contribution in [2.24, 2.45) is 23.7 Å². The average molecular weight is 899 g/mol. The molecular formula is C48H54N10O8. The molecule has 8 atom stereocenters. The summed E-state index contributed by atoms with van der Waals surface area (Å²) in [6.45, 7) is 2.15. The van der Waals surface area contributed by atoms with Gasteiger partial charge in [0.25, 0.3) is 0 Å². The summed E-state index contributed by atoms with van der Waals surface area (Å²) in [5, 5.41) is 12.8. The van der Waals surface area contributed by atoms with Crippen LogP contribution in [0.3, 0.4) is 0 Å². The van der Waals surface area contributed by atoms with Crippen molar-refractivity contribution in [2.75, 3.05) is 40.6 Å². The molecule has 0 radical (unpaired) electrons. The van der Waals surface area contributed by atoms with Gasteiger partial charge >= 0.3 is 12.2 Å². The van der Waals surface area contributed by atoms with E-state index < -0.39 is 24.3 Å². The van der Waals surface area contributed by atoms with E-state index in [1.54, 1.807) is 12.4 Å². The van der Waals surface area contributed by atoms with Crippen LogP contribution in [0.4, 0.5) is 9.59 Å². The summed E-state index contributed by atoms with van der Waals surface area (Å²) >= 11 is 0. The zero-order valence-electron chi connectivity index (χ0n) is 37.0. The maximum absolute atomic E-state index is 14.3. The van der Waals surface area contributed by atoms with Gasteiger partial charge in [0.2, 0.25) is 11.8 Å². The number of imidazole rings is 2. The standard InChI is InChI=1S/C48H54N10O8/c1-56(48(62)63)42(28-11-15-66-16-12-28)46(60)58-38-19-31(38)21-40(58)44-51-24-36(54-44)35-23-49-33-17-29(7-8-32(33)52-35)25-3-5-26(6-4-25)34-22-50-43(53-34)39-20-30-18-37(30)57(39)45(59)41(55-47(61)64-2)27-9-13-65-14-10-27/h3-8,17,22-24,27-28,30-31,37-42H,9-16,18-21H2,1-2H3,(H,50,53)(H,51,54)(H,55,61)(H,62,63)/t30-,31-,37-,38-,39+,40+,41+,42+/m1/s1. The van der Waals surface area contributed by atoms with Crippen LogP contribution in [0.5, 0.6) is 0 Å². The second kappa shape index (κ2) is 17.1. The first kappa shape index (κ1) is 42.2. The molecule has 4 aliphatic heterocycles. The number of nitrogens with zero attached hydrogens (tertiary/aromatic N) is 7. The Kier molecular flexibility index (Phi) is 11.0. The highest BCUT2D eigenvalue weighted by molar-refractivity contribution is 5.88. The van der Waals surface area contributed by atoms with Gasteiger partial charge in [-0.3, -0.25) is 19.5 Å². The Bertz CT molecular complexity index is 2660. The lowest BCUT2D eigenvalue weighted by Crippen LogP contribution is -2.54. The van der Waals surface area contributed by atoms with Crippen LogP contribution in [-0.4, -0.2) is 138 Å². The fourth-order valence-electron chi connectivity index (χ4n) is 11.2. The van der Waals surface area contributed by atoms with Crippen molar-refractivity contribution in [1.29, 1.82) is 0 Å². The maximum atomic E-state index is 14.3. The number of likely N-dealkylation sites (tertiary alicyclic amines) is 2. The molecule has 18 heteroatoms. The van der Waals surface area contributed by atoms with Gasteiger partial charge in [-0.1, -0.05) is 30.3 Å². The Hall–Kier alpha value is -6.40. The van der Waals surface area contributed by atoms with Crippen LogP contribution in [0, 0.1) is 23.7 Å². The number of piperidine rings is 2. The van der Waals surface area contributed by atoms with Crippen molar-refractivity contribution >= 4 is 35.0 Å². The zero-order chi connectivity index (χ0) is 45.2. The van der Waals surface area contributed by atoms with Crippen LogP contribution in [0.15, 0.2) is 61.1 Å². The summed E-state index contributed by atoms with van der Waals surface area (Å²) in [7, 11) is 2.81. The second-order valence-corrected chi connectivity index (χ2v) is 18.8. The lowest BCUT2D eigenvalue weighted by atomic mass is 9.89. The number of hydrogen-bond acceptors (Lipinski definition) is 11. The summed E-state index contributed by atoms with van der Waals surface area (Å²) in [6, 6.07) is 12.5. The summed E-state index contributed by atoms with van der Waals surface area (Å²) in [4.78, 5) is 84.4. The third-order valence-corrected chi connectivity index (χ3v) is 15.0. The molecule has 2 aromatic carbocycles. The number of alkyl carbamates (subject to hydrolysis) is 1. The molecule has 18 nitrogen and oxygen atoms in total. The Morgan fingerprint density at radius 1 is 0.727 bits per heavy atom. The molecule has 5 aromatic rings. The molecule has 11 rings (SSSR count). The van der Waals surface area contributed by atoms with E-state index in [1.807, 2.05) is 46.3 Å². The molecule has 2 aliphatic carbocycles. The number of H-pyrrole nitrogens is 2. The number of rotatable bonds is 11. The van der Waals surface area contributed by atoms with E-state index in [0.29, 0.717) is 86.7 Å². The fraction of sp³-hybridized carbons (Fsp3) is 0.500. The minimum Gasteiger partial charge on any atom is -0.465 e. The van der Waals surface area contributed by atoms with Gasteiger partial charge in [0.05, 0.1) is 42.1 Å². The third kappa shape index (κ3) is 7.82. The van der Waals surface area contributed by atoms with Gasteiger partial charge in [-0.15, -0.1) is 0 Å². The average Bonchev–Trinajstić information content (AvgIpc) is 3.93. The van der Waals surface area contributed by atoms with Crippen molar-refractivity contribution in [3.05, 3.63) is 72.7 Å². The van der Waals surface area contributed by atoms with Gasteiger partial charge in [-0.05, 0) is 98.3 Å². The molecule has 6 aliphatic rings. The second-order valence-electron chi connectivity index (χ2n) is 18.8. The monoisotopic (exact) mass is 898 g/mol. The number of amides is 4. The predicted octanol–water partition coefficient (Wildman–Crippen LogP) is 5.96. The molecule has 344 valence electrons. The van der Waals surface area contributed by atoms with Crippen LogP contribution in [-0.2, 0) is 23.8 Å². The van der Waals surface area contributed by atoms with Crippen molar-refractivity contribution in [3.63, 3.8) is 0 Å². The highest BCUT2D eigenvalue weighted by Crippen LogP contribution is 2.55. The maximum Gasteiger partial charge on any atom is 0.407 e. The number of hydrogen-bond donors (Lipinski definition) is 4. The number of fused-ring (bicyclic) bond motifs is 3. The Morgan fingerprint density at radius 2 is 1.30 bits per heavy atom. The molecule has 0 spiro atoms.